The Morgan fingerprint density at radius 1 is 1.00 bits per heavy atom. The van der Waals surface area contributed by atoms with Crippen molar-refractivity contribution < 1.29 is 18.7 Å². The fraction of sp³-hybridized carbons (Fsp3) is 0.333. The van der Waals surface area contributed by atoms with Crippen LogP contribution in [0.2, 0.25) is 0 Å². The molecule has 6 heteroatoms. The van der Waals surface area contributed by atoms with Gasteiger partial charge in [-0.05, 0) is 35.4 Å². The zero-order valence-electron chi connectivity index (χ0n) is 15.0. The van der Waals surface area contributed by atoms with E-state index in [0.29, 0.717) is 43.9 Å². The third kappa shape index (κ3) is 3.65. The molecule has 2 amide bonds. The molecule has 2 aliphatic rings. The maximum Gasteiger partial charge on any atom is 0.253 e. The van der Waals surface area contributed by atoms with Crippen molar-refractivity contribution in [2.45, 2.75) is 12.8 Å². The summed E-state index contributed by atoms with van der Waals surface area (Å²) in [6.07, 6.45) is 0.875. The molecule has 4 rings (SSSR count). The molecule has 5 nitrogen and oxygen atoms in total. The van der Waals surface area contributed by atoms with E-state index in [2.05, 4.69) is 0 Å². The van der Waals surface area contributed by atoms with Gasteiger partial charge in [0.15, 0.2) is 0 Å². The molecule has 0 unspecified atom stereocenters. The first-order valence-electron chi connectivity index (χ1n) is 9.18. The summed E-state index contributed by atoms with van der Waals surface area (Å²) in [6, 6.07) is 11.9. The molecular weight excluding hydrogens is 347 g/mol. The molecule has 0 spiro atoms. The largest absolute Gasteiger partial charge is 0.493 e. The predicted octanol–water partition coefficient (Wildman–Crippen LogP) is 2.29. The molecule has 0 radical (unpaired) electrons. The van der Waals surface area contributed by atoms with Gasteiger partial charge in [0.25, 0.3) is 5.91 Å². The second-order valence-electron chi connectivity index (χ2n) is 6.86. The van der Waals surface area contributed by atoms with E-state index < -0.39 is 0 Å². The molecule has 1 saturated heterocycles. The molecule has 27 heavy (non-hydrogen) atoms. The average Bonchev–Trinajstić information content (AvgIpc) is 3.17. The molecule has 2 aliphatic heterocycles. The lowest BCUT2D eigenvalue weighted by Crippen LogP contribution is -2.51. The highest BCUT2D eigenvalue weighted by Gasteiger charge is 2.26. The van der Waals surface area contributed by atoms with E-state index in [4.69, 9.17) is 4.74 Å². The Balaban J connectivity index is 1.35. The highest BCUT2D eigenvalue weighted by atomic mass is 19.1. The standard InChI is InChI=1S/C21H21FN2O3/c22-18-4-2-1-3-15(18)14-20(25)23-8-10-24(11-9-23)21(26)17-5-6-19-16(13-17)7-12-27-19/h1-6,13H,7-12,14H2. The topological polar surface area (TPSA) is 49.9 Å². The van der Waals surface area contributed by atoms with Crippen LogP contribution in [0.25, 0.3) is 0 Å². The van der Waals surface area contributed by atoms with E-state index in [0.717, 1.165) is 17.7 Å². The molecule has 0 bridgehead atoms. The van der Waals surface area contributed by atoms with Gasteiger partial charge in [0.1, 0.15) is 11.6 Å². The van der Waals surface area contributed by atoms with E-state index in [-0.39, 0.29) is 24.1 Å². The summed E-state index contributed by atoms with van der Waals surface area (Å²) in [7, 11) is 0. The predicted molar refractivity (Wildman–Crippen MR) is 98.2 cm³/mol. The van der Waals surface area contributed by atoms with Crippen LogP contribution in [0.3, 0.4) is 0 Å². The van der Waals surface area contributed by atoms with Gasteiger partial charge >= 0.3 is 0 Å². The van der Waals surface area contributed by atoms with Crippen molar-refractivity contribution in [1.82, 2.24) is 9.80 Å². The highest BCUT2D eigenvalue weighted by molar-refractivity contribution is 5.95. The minimum absolute atomic E-state index is 0.0223. The van der Waals surface area contributed by atoms with Gasteiger partial charge in [0.2, 0.25) is 5.91 Å². The fourth-order valence-corrected chi connectivity index (χ4v) is 3.58. The molecule has 2 heterocycles. The minimum Gasteiger partial charge on any atom is -0.493 e. The molecule has 0 atom stereocenters. The quantitative estimate of drug-likeness (QED) is 0.835. The summed E-state index contributed by atoms with van der Waals surface area (Å²) >= 11 is 0. The van der Waals surface area contributed by atoms with Crippen molar-refractivity contribution in [3.05, 3.63) is 65.0 Å². The van der Waals surface area contributed by atoms with Crippen molar-refractivity contribution >= 4 is 11.8 Å². The van der Waals surface area contributed by atoms with Crippen LogP contribution in [0.4, 0.5) is 4.39 Å². The van der Waals surface area contributed by atoms with Crippen LogP contribution in [-0.2, 0) is 17.6 Å². The van der Waals surface area contributed by atoms with Crippen molar-refractivity contribution in [1.29, 1.82) is 0 Å². The van der Waals surface area contributed by atoms with E-state index in [1.165, 1.54) is 6.07 Å². The first-order chi connectivity index (χ1) is 13.1. The van der Waals surface area contributed by atoms with Crippen LogP contribution in [0.1, 0.15) is 21.5 Å². The van der Waals surface area contributed by atoms with E-state index >= 15 is 0 Å². The van der Waals surface area contributed by atoms with Gasteiger partial charge in [0, 0.05) is 38.2 Å². The summed E-state index contributed by atoms with van der Waals surface area (Å²) in [5, 5.41) is 0. The maximum absolute atomic E-state index is 13.7. The molecule has 140 valence electrons. The Labute approximate surface area is 157 Å². The number of rotatable bonds is 3. The number of ether oxygens (including phenoxy) is 1. The van der Waals surface area contributed by atoms with Gasteiger partial charge in [-0.2, -0.15) is 0 Å². The molecule has 0 saturated carbocycles. The number of carbonyl (C=O) groups excluding carboxylic acids is 2. The number of carbonyl (C=O) groups is 2. The smallest absolute Gasteiger partial charge is 0.253 e. The number of hydrogen-bond acceptors (Lipinski definition) is 3. The summed E-state index contributed by atoms with van der Waals surface area (Å²) in [6.45, 7) is 2.56. The molecule has 0 aliphatic carbocycles. The molecular formula is C21H21FN2O3. The number of halogens is 1. The minimum atomic E-state index is -0.361. The first-order valence-corrected chi connectivity index (χ1v) is 9.18. The first kappa shape index (κ1) is 17.5. The number of piperazine rings is 1. The highest BCUT2D eigenvalue weighted by Crippen LogP contribution is 2.26. The lowest BCUT2D eigenvalue weighted by molar-refractivity contribution is -0.132. The van der Waals surface area contributed by atoms with Crippen molar-refractivity contribution in [2.75, 3.05) is 32.8 Å². The number of nitrogens with zero attached hydrogens (tertiary/aromatic N) is 2. The van der Waals surface area contributed by atoms with Crippen LogP contribution in [0, 0.1) is 5.82 Å². The van der Waals surface area contributed by atoms with Gasteiger partial charge in [-0.3, -0.25) is 9.59 Å². The van der Waals surface area contributed by atoms with Crippen LogP contribution in [0.15, 0.2) is 42.5 Å². The second kappa shape index (κ2) is 7.39. The molecule has 1 fully saturated rings. The Kier molecular flexibility index (Phi) is 4.79. The number of fused-ring (bicyclic) bond motifs is 1. The number of amides is 2. The summed E-state index contributed by atoms with van der Waals surface area (Å²) in [5.41, 5.74) is 2.13. The third-order valence-corrected chi connectivity index (χ3v) is 5.16. The van der Waals surface area contributed by atoms with Crippen LogP contribution in [0.5, 0.6) is 5.75 Å². The van der Waals surface area contributed by atoms with Gasteiger partial charge < -0.3 is 14.5 Å². The molecule has 0 aromatic heterocycles. The Bertz CT molecular complexity index is 875. The summed E-state index contributed by atoms with van der Waals surface area (Å²) in [4.78, 5) is 28.6. The van der Waals surface area contributed by atoms with Crippen molar-refractivity contribution in [2.24, 2.45) is 0 Å². The van der Waals surface area contributed by atoms with Crippen LogP contribution < -0.4 is 4.74 Å². The normalized spacial score (nSPS) is 16.0. The lowest BCUT2D eigenvalue weighted by atomic mass is 10.1. The second-order valence-corrected chi connectivity index (χ2v) is 6.86. The lowest BCUT2D eigenvalue weighted by Gasteiger charge is -2.35. The number of hydrogen-bond donors (Lipinski definition) is 0. The van der Waals surface area contributed by atoms with Gasteiger partial charge in [-0.1, -0.05) is 18.2 Å². The summed E-state index contributed by atoms with van der Waals surface area (Å²) < 4.78 is 19.2. The maximum atomic E-state index is 13.7. The van der Waals surface area contributed by atoms with Crippen LogP contribution in [-0.4, -0.2) is 54.4 Å². The number of benzene rings is 2. The van der Waals surface area contributed by atoms with Gasteiger partial charge in [0.05, 0.1) is 13.0 Å². The van der Waals surface area contributed by atoms with E-state index in [1.807, 2.05) is 12.1 Å². The Morgan fingerprint density at radius 2 is 1.74 bits per heavy atom. The zero-order valence-corrected chi connectivity index (χ0v) is 15.0. The van der Waals surface area contributed by atoms with E-state index in [1.54, 1.807) is 34.1 Å². The Hall–Kier alpha value is -2.89. The van der Waals surface area contributed by atoms with Gasteiger partial charge in [-0.25, -0.2) is 4.39 Å². The van der Waals surface area contributed by atoms with Gasteiger partial charge in [-0.15, -0.1) is 0 Å². The van der Waals surface area contributed by atoms with E-state index in [9.17, 15) is 14.0 Å². The molecule has 0 N–H and O–H groups in total. The third-order valence-electron chi connectivity index (χ3n) is 5.16. The summed E-state index contributed by atoms with van der Waals surface area (Å²) in [5.74, 6) is 0.364. The average molecular weight is 368 g/mol. The van der Waals surface area contributed by atoms with Crippen molar-refractivity contribution in [3.63, 3.8) is 0 Å². The van der Waals surface area contributed by atoms with Crippen molar-refractivity contribution in [3.8, 4) is 5.75 Å². The fourth-order valence-electron chi connectivity index (χ4n) is 3.58. The zero-order chi connectivity index (χ0) is 18.8. The monoisotopic (exact) mass is 368 g/mol. The Morgan fingerprint density at radius 3 is 2.52 bits per heavy atom. The van der Waals surface area contributed by atoms with Crippen LogP contribution >= 0.6 is 0 Å². The molecule has 2 aromatic carbocycles. The molecule has 2 aromatic rings. The SMILES string of the molecule is O=C(Cc1ccccc1F)N1CCN(C(=O)c2ccc3c(c2)CCO3)CC1.